The number of likely N-dealkylation sites (N-methyl/N-ethyl adjacent to an activating group) is 1. The molecule has 0 unspecified atom stereocenters. The lowest BCUT2D eigenvalue weighted by atomic mass is 10.2. The van der Waals surface area contributed by atoms with E-state index in [1.54, 1.807) is 36.7 Å². The van der Waals surface area contributed by atoms with Gasteiger partial charge in [0.15, 0.2) is 0 Å². The number of nitrogens with zero attached hydrogens (tertiary/aromatic N) is 2. The average Bonchev–Trinajstić information content (AvgIpc) is 3.36. The Hall–Kier alpha value is -2.57. The van der Waals surface area contributed by atoms with Crippen LogP contribution in [-0.2, 0) is 24.4 Å². The number of benzene rings is 1. The van der Waals surface area contributed by atoms with Gasteiger partial charge in [-0.15, -0.1) is 11.3 Å². The molecule has 0 fully saturated rings. The van der Waals surface area contributed by atoms with E-state index < -0.39 is 0 Å². The molecule has 2 aromatic heterocycles. The number of rotatable bonds is 9. The van der Waals surface area contributed by atoms with E-state index in [-0.39, 0.29) is 5.91 Å². The highest BCUT2D eigenvalue weighted by Crippen LogP contribution is 2.21. The molecule has 27 heavy (non-hydrogen) atoms. The average molecular weight is 385 g/mol. The molecule has 3 aromatic rings. The molecule has 0 atom stereocenters. The lowest BCUT2D eigenvalue weighted by Gasteiger charge is -2.25. The van der Waals surface area contributed by atoms with Gasteiger partial charge in [-0.05, 0) is 29.6 Å². The molecular formula is C21H24N2O3S. The Morgan fingerprint density at radius 2 is 1.93 bits per heavy atom. The van der Waals surface area contributed by atoms with E-state index in [0.717, 1.165) is 23.6 Å². The minimum absolute atomic E-state index is 0.0536. The summed E-state index contributed by atoms with van der Waals surface area (Å²) in [4.78, 5) is 17.8. The van der Waals surface area contributed by atoms with E-state index in [2.05, 4.69) is 16.3 Å². The summed E-state index contributed by atoms with van der Waals surface area (Å²) < 4.78 is 10.8. The molecule has 1 amide bonds. The zero-order valence-electron chi connectivity index (χ0n) is 15.6. The summed E-state index contributed by atoms with van der Waals surface area (Å²) in [5.74, 6) is 1.67. The Bertz CT molecular complexity index is 831. The standard InChI is InChI=1S/C21H24N2O3S/c1-22(14-18-8-5-11-26-18)21(24)16-23(15-19-9-6-12-27-19)13-17-7-3-4-10-20(17)25-2/h3-12H,13-16H2,1-2H3. The molecule has 0 saturated carbocycles. The van der Waals surface area contributed by atoms with Gasteiger partial charge in [-0.1, -0.05) is 24.3 Å². The fraction of sp³-hybridized carbons (Fsp3) is 0.286. The maximum absolute atomic E-state index is 12.8. The fourth-order valence-corrected chi connectivity index (χ4v) is 3.65. The van der Waals surface area contributed by atoms with Crippen molar-refractivity contribution in [1.29, 1.82) is 0 Å². The molecule has 0 aliphatic carbocycles. The molecule has 5 nitrogen and oxygen atoms in total. The first-order chi connectivity index (χ1) is 13.2. The van der Waals surface area contributed by atoms with Crippen molar-refractivity contribution in [2.75, 3.05) is 20.7 Å². The molecule has 0 saturated heterocycles. The van der Waals surface area contributed by atoms with E-state index in [1.807, 2.05) is 42.5 Å². The van der Waals surface area contributed by atoms with Crippen molar-refractivity contribution < 1.29 is 13.9 Å². The Morgan fingerprint density at radius 3 is 2.63 bits per heavy atom. The highest BCUT2D eigenvalue weighted by molar-refractivity contribution is 7.09. The van der Waals surface area contributed by atoms with E-state index in [0.29, 0.717) is 19.6 Å². The van der Waals surface area contributed by atoms with Gasteiger partial charge in [-0.25, -0.2) is 0 Å². The van der Waals surface area contributed by atoms with Crippen LogP contribution in [0.3, 0.4) is 0 Å². The number of methoxy groups -OCH3 is 1. The summed E-state index contributed by atoms with van der Waals surface area (Å²) in [6, 6.07) is 15.8. The number of hydrogen-bond donors (Lipinski definition) is 0. The summed E-state index contributed by atoms with van der Waals surface area (Å²) >= 11 is 1.70. The van der Waals surface area contributed by atoms with Gasteiger partial charge >= 0.3 is 0 Å². The van der Waals surface area contributed by atoms with Gasteiger partial charge in [0.05, 0.1) is 26.5 Å². The van der Waals surface area contributed by atoms with Crippen molar-refractivity contribution in [2.45, 2.75) is 19.6 Å². The first-order valence-corrected chi connectivity index (χ1v) is 9.66. The van der Waals surface area contributed by atoms with Gasteiger partial charge in [-0.3, -0.25) is 9.69 Å². The number of amides is 1. The van der Waals surface area contributed by atoms with Gasteiger partial charge < -0.3 is 14.1 Å². The van der Waals surface area contributed by atoms with Crippen molar-refractivity contribution in [3.8, 4) is 5.75 Å². The minimum Gasteiger partial charge on any atom is -0.496 e. The third kappa shape index (κ3) is 5.45. The van der Waals surface area contributed by atoms with Gasteiger partial charge in [0.25, 0.3) is 0 Å². The maximum Gasteiger partial charge on any atom is 0.236 e. The van der Waals surface area contributed by atoms with Gasteiger partial charge in [0.2, 0.25) is 5.91 Å². The van der Waals surface area contributed by atoms with Crippen LogP contribution in [0.25, 0.3) is 0 Å². The molecule has 0 aliphatic heterocycles. The number of hydrogen-bond acceptors (Lipinski definition) is 5. The molecule has 2 heterocycles. The largest absolute Gasteiger partial charge is 0.496 e. The molecule has 142 valence electrons. The van der Waals surface area contributed by atoms with Gasteiger partial charge in [0.1, 0.15) is 11.5 Å². The summed E-state index contributed by atoms with van der Waals surface area (Å²) in [6.07, 6.45) is 1.62. The maximum atomic E-state index is 12.8. The zero-order valence-corrected chi connectivity index (χ0v) is 16.4. The van der Waals surface area contributed by atoms with Crippen LogP contribution in [-0.4, -0.2) is 36.4 Å². The monoisotopic (exact) mass is 384 g/mol. The zero-order chi connectivity index (χ0) is 19.1. The van der Waals surface area contributed by atoms with Crippen LogP contribution in [0.15, 0.2) is 64.6 Å². The Kier molecular flexibility index (Phi) is 6.68. The van der Waals surface area contributed by atoms with Crippen LogP contribution in [0.4, 0.5) is 0 Å². The Labute approximate surface area is 163 Å². The molecule has 0 N–H and O–H groups in total. The molecule has 3 rings (SSSR count). The molecule has 6 heteroatoms. The highest BCUT2D eigenvalue weighted by atomic mass is 32.1. The summed E-state index contributed by atoms with van der Waals surface area (Å²) in [5.41, 5.74) is 1.07. The van der Waals surface area contributed by atoms with Crippen LogP contribution in [0, 0.1) is 0 Å². The fourth-order valence-electron chi connectivity index (χ4n) is 2.90. The number of furan rings is 1. The SMILES string of the molecule is COc1ccccc1CN(CC(=O)N(C)Cc1ccco1)Cc1cccs1. The van der Waals surface area contributed by atoms with Crippen molar-refractivity contribution in [3.05, 3.63) is 76.4 Å². The molecule has 0 radical (unpaired) electrons. The Balaban J connectivity index is 1.70. The summed E-state index contributed by atoms with van der Waals surface area (Å²) in [5, 5.41) is 2.06. The number of carbonyl (C=O) groups excluding carboxylic acids is 1. The molecule has 0 aliphatic rings. The minimum atomic E-state index is 0.0536. The summed E-state index contributed by atoms with van der Waals surface area (Å²) in [7, 11) is 3.47. The van der Waals surface area contributed by atoms with Crippen LogP contribution < -0.4 is 4.74 Å². The van der Waals surface area contributed by atoms with Crippen LogP contribution >= 0.6 is 11.3 Å². The predicted molar refractivity (Wildman–Crippen MR) is 107 cm³/mol. The van der Waals surface area contributed by atoms with E-state index in [9.17, 15) is 4.79 Å². The van der Waals surface area contributed by atoms with Crippen LogP contribution in [0.1, 0.15) is 16.2 Å². The number of carbonyl (C=O) groups is 1. The second-order valence-electron chi connectivity index (χ2n) is 6.37. The van der Waals surface area contributed by atoms with Crippen molar-refractivity contribution >= 4 is 17.2 Å². The summed E-state index contributed by atoms with van der Waals surface area (Å²) in [6.45, 7) is 2.15. The van der Waals surface area contributed by atoms with Gasteiger partial charge in [-0.2, -0.15) is 0 Å². The number of thiophene rings is 1. The van der Waals surface area contributed by atoms with E-state index in [1.165, 1.54) is 4.88 Å². The predicted octanol–water partition coefficient (Wildman–Crippen LogP) is 4.01. The number of para-hydroxylation sites is 1. The third-order valence-corrected chi connectivity index (χ3v) is 5.16. The highest BCUT2D eigenvalue weighted by Gasteiger charge is 2.18. The lowest BCUT2D eigenvalue weighted by molar-refractivity contribution is -0.132. The Morgan fingerprint density at radius 1 is 1.07 bits per heavy atom. The lowest BCUT2D eigenvalue weighted by Crippen LogP contribution is -2.37. The normalized spacial score (nSPS) is 10.9. The van der Waals surface area contributed by atoms with Gasteiger partial charge in [0, 0.05) is 30.6 Å². The van der Waals surface area contributed by atoms with Crippen molar-refractivity contribution in [1.82, 2.24) is 9.80 Å². The smallest absolute Gasteiger partial charge is 0.236 e. The molecule has 0 bridgehead atoms. The van der Waals surface area contributed by atoms with Crippen LogP contribution in [0.2, 0.25) is 0 Å². The molecular weight excluding hydrogens is 360 g/mol. The van der Waals surface area contributed by atoms with Crippen molar-refractivity contribution in [3.63, 3.8) is 0 Å². The topological polar surface area (TPSA) is 45.9 Å². The number of ether oxygens (including phenoxy) is 1. The quantitative estimate of drug-likeness (QED) is 0.559. The second-order valence-corrected chi connectivity index (χ2v) is 7.40. The molecule has 1 aromatic carbocycles. The first kappa shape index (κ1) is 19.2. The van der Waals surface area contributed by atoms with Crippen LogP contribution in [0.5, 0.6) is 5.75 Å². The van der Waals surface area contributed by atoms with E-state index in [4.69, 9.17) is 9.15 Å². The molecule has 0 spiro atoms. The van der Waals surface area contributed by atoms with E-state index >= 15 is 0 Å². The first-order valence-electron chi connectivity index (χ1n) is 8.78. The van der Waals surface area contributed by atoms with Crippen molar-refractivity contribution in [2.24, 2.45) is 0 Å². The second kappa shape index (κ2) is 9.39. The third-order valence-electron chi connectivity index (χ3n) is 4.30.